The van der Waals surface area contributed by atoms with Crippen molar-refractivity contribution in [3.8, 4) is 11.5 Å². The second-order valence-corrected chi connectivity index (χ2v) is 5.82. The highest BCUT2D eigenvalue weighted by molar-refractivity contribution is 5.98. The first-order valence-corrected chi connectivity index (χ1v) is 8.48. The molecule has 0 unspecified atom stereocenters. The molecular formula is C20H24N2O4. The zero-order valence-corrected chi connectivity index (χ0v) is 15.1. The molecule has 0 atom stereocenters. The van der Waals surface area contributed by atoms with E-state index >= 15 is 0 Å². The van der Waals surface area contributed by atoms with Gasteiger partial charge in [-0.1, -0.05) is 10.3 Å². The standard InChI is InChI=1S/C20H24N2O4/c1-15(21-23)17-5-9-19(10-6-17)25-13-3-4-14-26-20-11-7-18(8-12-20)16(2)22-24/h5-12,23-24H,3-4,13-14H2,1-2H3. The highest BCUT2D eigenvalue weighted by Gasteiger charge is 2.01. The summed E-state index contributed by atoms with van der Waals surface area (Å²) in [5, 5.41) is 23.8. The highest BCUT2D eigenvalue weighted by Crippen LogP contribution is 2.15. The molecule has 0 spiro atoms. The Bertz CT molecular complexity index is 672. The van der Waals surface area contributed by atoms with Gasteiger partial charge < -0.3 is 19.9 Å². The second kappa shape index (κ2) is 10.1. The Balaban J connectivity index is 1.65. The Hall–Kier alpha value is -3.02. The van der Waals surface area contributed by atoms with Gasteiger partial charge in [0.25, 0.3) is 0 Å². The minimum Gasteiger partial charge on any atom is -0.494 e. The van der Waals surface area contributed by atoms with Crippen molar-refractivity contribution < 1.29 is 19.9 Å². The van der Waals surface area contributed by atoms with Crippen LogP contribution < -0.4 is 9.47 Å². The lowest BCUT2D eigenvalue weighted by Gasteiger charge is -2.09. The van der Waals surface area contributed by atoms with Gasteiger partial charge in [0.1, 0.15) is 11.5 Å². The topological polar surface area (TPSA) is 83.6 Å². The molecule has 0 radical (unpaired) electrons. The lowest BCUT2D eigenvalue weighted by Crippen LogP contribution is -2.03. The Morgan fingerprint density at radius 2 is 1.04 bits per heavy atom. The Morgan fingerprint density at radius 3 is 1.35 bits per heavy atom. The van der Waals surface area contributed by atoms with Crippen LogP contribution in [0.1, 0.15) is 37.8 Å². The van der Waals surface area contributed by atoms with E-state index < -0.39 is 0 Å². The van der Waals surface area contributed by atoms with Crippen LogP contribution in [0.4, 0.5) is 0 Å². The molecule has 0 aliphatic carbocycles. The molecule has 0 saturated heterocycles. The van der Waals surface area contributed by atoms with Crippen LogP contribution in [0.5, 0.6) is 11.5 Å². The van der Waals surface area contributed by atoms with Crippen molar-refractivity contribution in [2.24, 2.45) is 10.3 Å². The smallest absolute Gasteiger partial charge is 0.119 e. The van der Waals surface area contributed by atoms with E-state index in [-0.39, 0.29) is 0 Å². The number of nitrogens with zero attached hydrogens (tertiary/aromatic N) is 2. The van der Waals surface area contributed by atoms with Crippen molar-refractivity contribution in [2.45, 2.75) is 26.7 Å². The second-order valence-electron chi connectivity index (χ2n) is 5.82. The van der Waals surface area contributed by atoms with E-state index in [0.29, 0.717) is 24.6 Å². The van der Waals surface area contributed by atoms with Crippen molar-refractivity contribution in [3.63, 3.8) is 0 Å². The van der Waals surface area contributed by atoms with Gasteiger partial charge in [-0.3, -0.25) is 0 Å². The maximum absolute atomic E-state index is 8.74. The SMILES string of the molecule is CC(=NO)c1ccc(OCCCCOc2ccc(C(C)=NO)cc2)cc1. The molecule has 0 aromatic heterocycles. The van der Waals surface area contributed by atoms with Crippen LogP contribution in [-0.4, -0.2) is 35.1 Å². The molecular weight excluding hydrogens is 332 g/mol. The highest BCUT2D eigenvalue weighted by atomic mass is 16.5. The summed E-state index contributed by atoms with van der Waals surface area (Å²) in [7, 11) is 0. The first-order valence-electron chi connectivity index (χ1n) is 8.48. The number of rotatable bonds is 9. The van der Waals surface area contributed by atoms with E-state index in [1.807, 2.05) is 48.5 Å². The summed E-state index contributed by atoms with van der Waals surface area (Å²) >= 11 is 0. The lowest BCUT2D eigenvalue weighted by molar-refractivity contribution is 0.266. The van der Waals surface area contributed by atoms with Crippen LogP contribution in [0.3, 0.4) is 0 Å². The molecule has 0 aliphatic rings. The largest absolute Gasteiger partial charge is 0.494 e. The third-order valence-corrected chi connectivity index (χ3v) is 3.92. The van der Waals surface area contributed by atoms with Crippen LogP contribution in [0, 0.1) is 0 Å². The average molecular weight is 356 g/mol. The molecule has 0 amide bonds. The van der Waals surface area contributed by atoms with Gasteiger partial charge in [0.2, 0.25) is 0 Å². The number of ether oxygens (including phenoxy) is 2. The van der Waals surface area contributed by atoms with Crippen molar-refractivity contribution in [2.75, 3.05) is 13.2 Å². The summed E-state index contributed by atoms with van der Waals surface area (Å²) < 4.78 is 11.4. The average Bonchev–Trinajstić information content (AvgIpc) is 2.70. The summed E-state index contributed by atoms with van der Waals surface area (Å²) in [5.41, 5.74) is 2.86. The van der Waals surface area contributed by atoms with Crippen molar-refractivity contribution in [1.82, 2.24) is 0 Å². The Kier molecular flexibility index (Phi) is 7.49. The molecule has 0 saturated carbocycles. The van der Waals surface area contributed by atoms with Gasteiger partial charge >= 0.3 is 0 Å². The van der Waals surface area contributed by atoms with Crippen molar-refractivity contribution >= 4 is 11.4 Å². The number of benzene rings is 2. The predicted octanol–water partition coefficient (Wildman–Crippen LogP) is 4.32. The number of oxime groups is 2. The maximum Gasteiger partial charge on any atom is 0.119 e. The van der Waals surface area contributed by atoms with E-state index in [1.54, 1.807) is 13.8 Å². The number of unbranched alkanes of at least 4 members (excludes halogenated alkanes) is 1. The molecule has 2 aromatic carbocycles. The van der Waals surface area contributed by atoms with Crippen LogP contribution in [-0.2, 0) is 0 Å². The first kappa shape index (κ1) is 19.3. The van der Waals surface area contributed by atoms with Crippen molar-refractivity contribution in [3.05, 3.63) is 59.7 Å². The maximum atomic E-state index is 8.74. The molecule has 2 aromatic rings. The van der Waals surface area contributed by atoms with E-state index in [2.05, 4.69) is 10.3 Å². The molecule has 0 fully saturated rings. The van der Waals surface area contributed by atoms with Crippen LogP contribution in [0.2, 0.25) is 0 Å². The fourth-order valence-electron chi connectivity index (χ4n) is 2.28. The van der Waals surface area contributed by atoms with Crippen LogP contribution in [0.25, 0.3) is 0 Å². The molecule has 6 heteroatoms. The molecule has 0 bridgehead atoms. The van der Waals surface area contributed by atoms with E-state index in [4.69, 9.17) is 19.9 Å². The molecule has 6 nitrogen and oxygen atoms in total. The molecule has 26 heavy (non-hydrogen) atoms. The summed E-state index contributed by atoms with van der Waals surface area (Å²) in [5.74, 6) is 1.58. The van der Waals surface area contributed by atoms with Gasteiger partial charge in [-0.25, -0.2) is 0 Å². The summed E-state index contributed by atoms with van der Waals surface area (Å²) in [6, 6.07) is 14.9. The summed E-state index contributed by atoms with van der Waals surface area (Å²) in [6.45, 7) is 4.71. The Labute approximate surface area is 153 Å². The first-order chi connectivity index (χ1) is 12.6. The normalized spacial score (nSPS) is 12.1. The number of hydrogen-bond donors (Lipinski definition) is 2. The van der Waals surface area contributed by atoms with Gasteiger partial charge in [0.05, 0.1) is 24.6 Å². The third kappa shape index (κ3) is 5.81. The van der Waals surface area contributed by atoms with Gasteiger partial charge in [-0.15, -0.1) is 0 Å². The van der Waals surface area contributed by atoms with Crippen molar-refractivity contribution in [1.29, 1.82) is 0 Å². The summed E-state index contributed by atoms with van der Waals surface area (Å²) in [4.78, 5) is 0. The fraction of sp³-hybridized carbons (Fsp3) is 0.300. The summed E-state index contributed by atoms with van der Waals surface area (Å²) in [6.07, 6.45) is 1.76. The lowest BCUT2D eigenvalue weighted by atomic mass is 10.1. The zero-order valence-electron chi connectivity index (χ0n) is 15.1. The predicted molar refractivity (Wildman–Crippen MR) is 101 cm³/mol. The minimum absolute atomic E-state index is 0.570. The van der Waals surface area contributed by atoms with Crippen LogP contribution >= 0.6 is 0 Å². The van der Waals surface area contributed by atoms with Gasteiger partial charge in [-0.2, -0.15) is 0 Å². The molecule has 0 aliphatic heterocycles. The van der Waals surface area contributed by atoms with E-state index in [1.165, 1.54) is 0 Å². The third-order valence-electron chi connectivity index (χ3n) is 3.92. The zero-order chi connectivity index (χ0) is 18.8. The van der Waals surface area contributed by atoms with Gasteiger partial charge in [0, 0.05) is 0 Å². The van der Waals surface area contributed by atoms with Crippen LogP contribution in [0.15, 0.2) is 58.8 Å². The molecule has 2 rings (SSSR count). The number of hydrogen-bond acceptors (Lipinski definition) is 6. The van der Waals surface area contributed by atoms with Gasteiger partial charge in [0.15, 0.2) is 0 Å². The molecule has 0 heterocycles. The Morgan fingerprint density at radius 1 is 0.692 bits per heavy atom. The van der Waals surface area contributed by atoms with E-state index in [9.17, 15) is 0 Å². The molecule has 138 valence electrons. The van der Waals surface area contributed by atoms with Gasteiger partial charge in [-0.05, 0) is 86.3 Å². The minimum atomic E-state index is 0.570. The van der Waals surface area contributed by atoms with E-state index in [0.717, 1.165) is 35.5 Å². The monoisotopic (exact) mass is 356 g/mol. The quantitative estimate of drug-likeness (QED) is 0.303. The fourth-order valence-corrected chi connectivity index (χ4v) is 2.28. The molecule has 2 N–H and O–H groups in total.